The van der Waals surface area contributed by atoms with Crippen molar-refractivity contribution in [3.63, 3.8) is 0 Å². The van der Waals surface area contributed by atoms with Gasteiger partial charge in [0.2, 0.25) is 0 Å². The molecule has 1 N–H and O–H groups in total. The first-order chi connectivity index (χ1) is 9.83. The van der Waals surface area contributed by atoms with Gasteiger partial charge in [-0.2, -0.15) is 0 Å². The lowest BCUT2D eigenvalue weighted by molar-refractivity contribution is 0.356. The van der Waals surface area contributed by atoms with Gasteiger partial charge in [-0.3, -0.25) is 0 Å². The number of halogens is 1. The zero-order valence-electron chi connectivity index (χ0n) is 12.8. The minimum absolute atomic E-state index is 0. The number of fused-ring (bicyclic) bond motifs is 1. The van der Waals surface area contributed by atoms with E-state index >= 15 is 0 Å². The Balaban J connectivity index is 0.00000161. The standard InChI is InChI=1S/C18H25NO.ClH/c1-3-5-15-16(19-12-13-8-9-13)11-10-14-6-4-7-17(20-2)18(14)15;/h3-4,6-7,13,15-16,19H,1,5,8-12H2,2H3;1H/t15-,16-;/m0./s1. The molecule has 3 heteroatoms. The topological polar surface area (TPSA) is 21.3 Å². The van der Waals surface area contributed by atoms with Crippen LogP contribution in [0.1, 0.15) is 42.7 Å². The molecular weight excluding hydrogens is 282 g/mol. The van der Waals surface area contributed by atoms with Crippen LogP contribution in [-0.4, -0.2) is 19.7 Å². The van der Waals surface area contributed by atoms with Gasteiger partial charge < -0.3 is 10.1 Å². The molecule has 0 radical (unpaired) electrons. The van der Waals surface area contributed by atoms with Crippen molar-refractivity contribution < 1.29 is 4.74 Å². The molecule has 0 saturated heterocycles. The fourth-order valence-corrected chi connectivity index (χ4v) is 3.47. The van der Waals surface area contributed by atoms with Crippen LogP contribution >= 0.6 is 12.4 Å². The second-order valence-corrected chi connectivity index (χ2v) is 6.16. The Morgan fingerprint density at radius 1 is 1.33 bits per heavy atom. The van der Waals surface area contributed by atoms with Gasteiger partial charge in [-0.25, -0.2) is 0 Å². The Kier molecular flexibility index (Phi) is 5.72. The summed E-state index contributed by atoms with van der Waals surface area (Å²) in [6, 6.07) is 7.03. The highest BCUT2D eigenvalue weighted by Gasteiger charge is 2.32. The Hall–Kier alpha value is -0.990. The molecule has 21 heavy (non-hydrogen) atoms. The van der Waals surface area contributed by atoms with Gasteiger partial charge in [0.05, 0.1) is 7.11 Å². The maximum Gasteiger partial charge on any atom is 0.122 e. The van der Waals surface area contributed by atoms with E-state index in [1.54, 1.807) is 7.11 Å². The number of hydrogen-bond acceptors (Lipinski definition) is 2. The minimum Gasteiger partial charge on any atom is -0.496 e. The molecule has 0 bridgehead atoms. The van der Waals surface area contributed by atoms with Crippen molar-refractivity contribution in [2.75, 3.05) is 13.7 Å². The first-order valence-electron chi connectivity index (χ1n) is 7.83. The maximum absolute atomic E-state index is 5.61. The maximum atomic E-state index is 5.61. The third kappa shape index (κ3) is 3.61. The summed E-state index contributed by atoms with van der Waals surface area (Å²) in [6.07, 6.45) is 8.28. The van der Waals surface area contributed by atoms with Crippen LogP contribution in [0.5, 0.6) is 5.75 Å². The van der Waals surface area contributed by atoms with Crippen molar-refractivity contribution in [3.8, 4) is 5.75 Å². The van der Waals surface area contributed by atoms with Crippen molar-refractivity contribution in [3.05, 3.63) is 42.0 Å². The summed E-state index contributed by atoms with van der Waals surface area (Å²) in [5, 5.41) is 3.81. The van der Waals surface area contributed by atoms with Gasteiger partial charge in [0.15, 0.2) is 0 Å². The molecule has 0 aromatic heterocycles. The molecule has 2 aliphatic carbocycles. The first-order valence-corrected chi connectivity index (χ1v) is 7.83. The van der Waals surface area contributed by atoms with Crippen LogP contribution in [0.2, 0.25) is 0 Å². The summed E-state index contributed by atoms with van der Waals surface area (Å²) in [6.45, 7) is 5.14. The molecule has 2 nitrogen and oxygen atoms in total. The molecule has 3 rings (SSSR count). The first kappa shape index (κ1) is 16.4. The molecule has 0 unspecified atom stereocenters. The largest absolute Gasteiger partial charge is 0.496 e. The van der Waals surface area contributed by atoms with Gasteiger partial charge in [-0.05, 0) is 56.2 Å². The SMILES string of the molecule is C=CC[C@@H]1c2c(cccc2OC)CC[C@@H]1NCC1CC1.Cl. The van der Waals surface area contributed by atoms with Gasteiger partial charge in [-0.1, -0.05) is 18.2 Å². The van der Waals surface area contributed by atoms with Crippen molar-refractivity contribution in [1.29, 1.82) is 0 Å². The fraction of sp³-hybridized carbons (Fsp3) is 0.556. The zero-order valence-corrected chi connectivity index (χ0v) is 13.6. The lowest BCUT2D eigenvalue weighted by atomic mass is 9.77. The highest BCUT2D eigenvalue weighted by Crippen LogP contribution is 2.40. The summed E-state index contributed by atoms with van der Waals surface area (Å²) >= 11 is 0. The molecule has 1 saturated carbocycles. The number of hydrogen-bond donors (Lipinski definition) is 1. The minimum atomic E-state index is 0. The predicted octanol–water partition coefficient (Wildman–Crippen LogP) is 4.09. The normalized spacial score (nSPS) is 23.9. The molecule has 1 aromatic rings. The molecule has 0 spiro atoms. The second kappa shape index (κ2) is 7.33. The van der Waals surface area contributed by atoms with Crippen LogP contribution in [0.25, 0.3) is 0 Å². The highest BCUT2D eigenvalue weighted by molar-refractivity contribution is 5.85. The van der Waals surface area contributed by atoms with Gasteiger partial charge in [0, 0.05) is 17.5 Å². The molecule has 0 aliphatic heterocycles. The quantitative estimate of drug-likeness (QED) is 0.799. The summed E-state index contributed by atoms with van der Waals surface area (Å²) in [5.74, 6) is 2.48. The van der Waals surface area contributed by atoms with Crippen LogP contribution in [0.15, 0.2) is 30.9 Å². The van der Waals surface area contributed by atoms with E-state index in [1.165, 1.54) is 36.9 Å². The smallest absolute Gasteiger partial charge is 0.122 e. The third-order valence-electron chi connectivity index (χ3n) is 4.74. The summed E-state index contributed by atoms with van der Waals surface area (Å²) in [7, 11) is 1.78. The van der Waals surface area contributed by atoms with E-state index in [-0.39, 0.29) is 12.4 Å². The number of benzene rings is 1. The van der Waals surface area contributed by atoms with E-state index in [0.29, 0.717) is 12.0 Å². The fourth-order valence-electron chi connectivity index (χ4n) is 3.47. The van der Waals surface area contributed by atoms with Crippen LogP contribution < -0.4 is 10.1 Å². The van der Waals surface area contributed by atoms with Crippen molar-refractivity contribution in [2.45, 2.75) is 44.1 Å². The average molecular weight is 308 g/mol. The summed E-state index contributed by atoms with van der Waals surface area (Å²) in [5.41, 5.74) is 2.87. The zero-order chi connectivity index (χ0) is 13.9. The van der Waals surface area contributed by atoms with Crippen molar-refractivity contribution in [1.82, 2.24) is 5.32 Å². The number of aryl methyl sites for hydroxylation is 1. The number of allylic oxidation sites excluding steroid dienone is 1. The number of rotatable bonds is 6. The van der Waals surface area contributed by atoms with E-state index in [0.717, 1.165) is 24.5 Å². The van der Waals surface area contributed by atoms with Gasteiger partial charge >= 0.3 is 0 Å². The Labute approximate surface area is 134 Å². The van der Waals surface area contributed by atoms with Crippen LogP contribution in [0.3, 0.4) is 0 Å². The van der Waals surface area contributed by atoms with E-state index in [9.17, 15) is 0 Å². The van der Waals surface area contributed by atoms with Crippen LogP contribution in [0, 0.1) is 5.92 Å². The summed E-state index contributed by atoms with van der Waals surface area (Å²) in [4.78, 5) is 0. The lowest BCUT2D eigenvalue weighted by Crippen LogP contribution is -2.39. The van der Waals surface area contributed by atoms with E-state index in [4.69, 9.17) is 4.74 Å². The van der Waals surface area contributed by atoms with E-state index in [2.05, 4.69) is 36.2 Å². The second-order valence-electron chi connectivity index (χ2n) is 6.16. The molecular formula is C18H26ClNO. The summed E-state index contributed by atoms with van der Waals surface area (Å²) < 4.78 is 5.61. The predicted molar refractivity (Wildman–Crippen MR) is 90.6 cm³/mol. The van der Waals surface area contributed by atoms with E-state index < -0.39 is 0 Å². The average Bonchev–Trinajstić information content (AvgIpc) is 3.30. The van der Waals surface area contributed by atoms with E-state index in [1.807, 2.05) is 0 Å². The van der Waals surface area contributed by atoms with Gasteiger partial charge in [-0.15, -0.1) is 19.0 Å². The molecule has 0 heterocycles. The highest BCUT2D eigenvalue weighted by atomic mass is 35.5. The third-order valence-corrected chi connectivity index (χ3v) is 4.74. The number of methoxy groups -OCH3 is 1. The Morgan fingerprint density at radius 3 is 2.81 bits per heavy atom. The molecule has 2 atom stereocenters. The number of ether oxygens (including phenoxy) is 1. The molecule has 1 fully saturated rings. The molecule has 0 amide bonds. The number of nitrogens with one attached hydrogen (secondary N) is 1. The Bertz CT molecular complexity index is 470. The van der Waals surface area contributed by atoms with Gasteiger partial charge in [0.1, 0.15) is 5.75 Å². The lowest BCUT2D eigenvalue weighted by Gasteiger charge is -2.35. The molecule has 2 aliphatic rings. The monoisotopic (exact) mass is 307 g/mol. The molecule has 116 valence electrons. The Morgan fingerprint density at radius 2 is 2.14 bits per heavy atom. The van der Waals surface area contributed by atoms with Crippen molar-refractivity contribution >= 4 is 12.4 Å². The van der Waals surface area contributed by atoms with Gasteiger partial charge in [0.25, 0.3) is 0 Å². The van der Waals surface area contributed by atoms with Crippen molar-refractivity contribution in [2.24, 2.45) is 5.92 Å². The molecule has 1 aromatic carbocycles. The van der Waals surface area contributed by atoms with Crippen LogP contribution in [0.4, 0.5) is 0 Å². The van der Waals surface area contributed by atoms with Crippen LogP contribution in [-0.2, 0) is 6.42 Å².